The maximum atomic E-state index is 13.7. The molecule has 4 aromatic rings. The summed E-state index contributed by atoms with van der Waals surface area (Å²) in [5.74, 6) is 0.744. The number of thiazole rings is 1. The van der Waals surface area contributed by atoms with Crippen molar-refractivity contribution in [2.45, 2.75) is 26.8 Å². The number of ether oxygens (including phenoxy) is 1. The highest BCUT2D eigenvalue weighted by Gasteiger charge is 2.34. The largest absolute Gasteiger partial charge is 0.462 e. The lowest BCUT2D eigenvalue weighted by atomic mass is 10.0. The van der Waals surface area contributed by atoms with E-state index in [2.05, 4.69) is 4.99 Å². The number of nitrogens with zero attached hydrogens (tertiary/aromatic N) is 2. The predicted octanol–water partition coefficient (Wildman–Crippen LogP) is 6.06. The third-order valence-corrected chi connectivity index (χ3v) is 8.45. The van der Waals surface area contributed by atoms with Gasteiger partial charge in [-0.05, 0) is 48.6 Å². The van der Waals surface area contributed by atoms with E-state index in [4.69, 9.17) is 32.4 Å². The molecule has 0 bridgehead atoms. The highest BCUT2D eigenvalue weighted by molar-refractivity contribution is 7.10. The first-order chi connectivity index (χ1) is 17.7. The Labute approximate surface area is 230 Å². The first kappa shape index (κ1) is 25.7. The Morgan fingerprint density at radius 3 is 2.76 bits per heavy atom. The van der Waals surface area contributed by atoms with Crippen molar-refractivity contribution < 1.29 is 13.9 Å². The average molecular weight is 574 g/mol. The molecule has 10 heteroatoms. The SMILES string of the molecule is CC1=C(C(=O)OCC(C)C)C(c2cccs2)n2c(sc(=Cc3ccc(-c4cccc(Cl)c4Cl)o3)c2=O)=N1. The number of hydrogen-bond acceptors (Lipinski definition) is 7. The van der Waals surface area contributed by atoms with Gasteiger partial charge in [0.2, 0.25) is 0 Å². The lowest BCUT2D eigenvalue weighted by Crippen LogP contribution is -2.39. The van der Waals surface area contributed by atoms with E-state index in [0.29, 0.717) is 47.7 Å². The molecule has 1 atom stereocenters. The van der Waals surface area contributed by atoms with Gasteiger partial charge < -0.3 is 9.15 Å². The topological polar surface area (TPSA) is 73.8 Å². The van der Waals surface area contributed by atoms with Gasteiger partial charge in [-0.15, -0.1) is 11.3 Å². The number of benzene rings is 1. The summed E-state index contributed by atoms with van der Waals surface area (Å²) in [6.07, 6.45) is 1.67. The standard InChI is InChI=1S/C27H22Cl2N2O4S2/c1-14(2)13-34-26(33)22-15(3)30-27-31(24(22)20-8-5-11-36-20)25(32)21(37-27)12-16-9-10-19(35-16)17-6-4-7-18(28)23(17)29/h4-12,14,24H,13H2,1-3H3. The van der Waals surface area contributed by atoms with Crippen LogP contribution in [0.2, 0.25) is 10.0 Å². The van der Waals surface area contributed by atoms with Gasteiger partial charge in [0, 0.05) is 16.5 Å². The van der Waals surface area contributed by atoms with Crippen molar-refractivity contribution >= 4 is 57.9 Å². The summed E-state index contributed by atoms with van der Waals surface area (Å²) in [4.78, 5) is 32.8. The zero-order chi connectivity index (χ0) is 26.3. The van der Waals surface area contributed by atoms with Crippen molar-refractivity contribution in [1.29, 1.82) is 0 Å². The zero-order valence-corrected chi connectivity index (χ0v) is 23.3. The molecule has 6 nitrogen and oxygen atoms in total. The van der Waals surface area contributed by atoms with Crippen LogP contribution in [0.1, 0.15) is 37.5 Å². The molecule has 1 aliphatic heterocycles. The van der Waals surface area contributed by atoms with Crippen LogP contribution in [-0.4, -0.2) is 17.1 Å². The number of thiophene rings is 1. The van der Waals surface area contributed by atoms with E-state index >= 15 is 0 Å². The Bertz CT molecular complexity index is 1690. The molecule has 0 spiro atoms. The molecule has 0 N–H and O–H groups in total. The van der Waals surface area contributed by atoms with E-state index in [1.807, 2.05) is 37.4 Å². The first-order valence-electron chi connectivity index (χ1n) is 11.5. The molecule has 0 aliphatic carbocycles. The fraction of sp³-hybridized carbons (Fsp3) is 0.222. The molecule has 5 rings (SSSR count). The van der Waals surface area contributed by atoms with Crippen molar-refractivity contribution in [2.24, 2.45) is 10.9 Å². The molecule has 190 valence electrons. The Morgan fingerprint density at radius 2 is 2.03 bits per heavy atom. The molecule has 1 aliphatic rings. The van der Waals surface area contributed by atoms with Gasteiger partial charge in [0.25, 0.3) is 5.56 Å². The van der Waals surface area contributed by atoms with Gasteiger partial charge in [-0.2, -0.15) is 0 Å². The number of allylic oxidation sites excluding steroid dienone is 1. The average Bonchev–Trinajstić information content (AvgIpc) is 3.61. The van der Waals surface area contributed by atoms with E-state index in [9.17, 15) is 9.59 Å². The second kappa shape index (κ2) is 10.5. The van der Waals surface area contributed by atoms with Gasteiger partial charge in [-0.25, -0.2) is 9.79 Å². The molecular weight excluding hydrogens is 551 g/mol. The van der Waals surface area contributed by atoms with Crippen LogP contribution in [0.25, 0.3) is 17.4 Å². The number of carbonyl (C=O) groups excluding carboxylic acids is 1. The number of halogens is 2. The molecule has 37 heavy (non-hydrogen) atoms. The van der Waals surface area contributed by atoms with Crippen LogP contribution < -0.4 is 14.9 Å². The monoisotopic (exact) mass is 572 g/mol. The van der Waals surface area contributed by atoms with Gasteiger partial charge in [0.15, 0.2) is 4.80 Å². The summed E-state index contributed by atoms with van der Waals surface area (Å²) in [6.45, 7) is 6.01. The summed E-state index contributed by atoms with van der Waals surface area (Å²) in [6, 6.07) is 12.0. The summed E-state index contributed by atoms with van der Waals surface area (Å²) in [7, 11) is 0. The third kappa shape index (κ3) is 4.99. The molecule has 1 aromatic carbocycles. The fourth-order valence-electron chi connectivity index (χ4n) is 4.02. The van der Waals surface area contributed by atoms with Crippen molar-refractivity contribution in [1.82, 2.24) is 4.57 Å². The molecule has 0 fully saturated rings. The van der Waals surface area contributed by atoms with Crippen LogP contribution in [-0.2, 0) is 9.53 Å². The highest BCUT2D eigenvalue weighted by Crippen LogP contribution is 2.35. The van der Waals surface area contributed by atoms with E-state index in [0.717, 1.165) is 4.88 Å². The fourth-order valence-corrected chi connectivity index (χ4v) is 6.26. The van der Waals surface area contributed by atoms with Crippen LogP contribution in [0.15, 0.2) is 73.3 Å². The summed E-state index contributed by atoms with van der Waals surface area (Å²) >= 11 is 15.2. The normalized spacial score (nSPS) is 15.7. The van der Waals surface area contributed by atoms with E-state index in [1.54, 1.807) is 41.8 Å². The minimum absolute atomic E-state index is 0.186. The maximum Gasteiger partial charge on any atom is 0.338 e. The Hall–Kier alpha value is -2.91. The summed E-state index contributed by atoms with van der Waals surface area (Å²) < 4.78 is 13.5. The number of carbonyl (C=O) groups is 1. The molecule has 0 radical (unpaired) electrons. The summed E-state index contributed by atoms with van der Waals surface area (Å²) in [5.41, 5.74) is 1.31. The van der Waals surface area contributed by atoms with E-state index < -0.39 is 12.0 Å². The minimum Gasteiger partial charge on any atom is -0.462 e. The quantitative estimate of drug-likeness (QED) is 0.263. The van der Waals surface area contributed by atoms with Crippen molar-refractivity contribution in [3.05, 3.63) is 99.5 Å². The van der Waals surface area contributed by atoms with Crippen LogP contribution in [0.3, 0.4) is 0 Å². The van der Waals surface area contributed by atoms with Crippen LogP contribution in [0, 0.1) is 5.92 Å². The smallest absolute Gasteiger partial charge is 0.338 e. The second-order valence-electron chi connectivity index (χ2n) is 8.89. The Balaban J connectivity index is 1.59. The van der Waals surface area contributed by atoms with E-state index in [1.165, 1.54) is 22.7 Å². The molecular formula is C27H22Cl2N2O4S2. The Morgan fingerprint density at radius 1 is 1.22 bits per heavy atom. The Kier molecular flexibility index (Phi) is 7.27. The van der Waals surface area contributed by atoms with Crippen LogP contribution >= 0.6 is 45.9 Å². The number of hydrogen-bond donors (Lipinski definition) is 0. The molecule has 3 aromatic heterocycles. The maximum absolute atomic E-state index is 13.7. The molecule has 0 saturated heterocycles. The number of furan rings is 1. The predicted molar refractivity (Wildman–Crippen MR) is 148 cm³/mol. The van der Waals surface area contributed by atoms with Crippen molar-refractivity contribution in [3.63, 3.8) is 0 Å². The molecule has 1 unspecified atom stereocenters. The third-order valence-electron chi connectivity index (χ3n) is 5.72. The zero-order valence-electron chi connectivity index (χ0n) is 20.2. The van der Waals surface area contributed by atoms with Crippen LogP contribution in [0.5, 0.6) is 0 Å². The van der Waals surface area contributed by atoms with Gasteiger partial charge in [0.05, 0.1) is 32.5 Å². The number of rotatable bonds is 6. The minimum atomic E-state index is -0.615. The number of aromatic nitrogens is 1. The summed E-state index contributed by atoms with van der Waals surface area (Å²) in [5, 5.41) is 2.74. The highest BCUT2D eigenvalue weighted by atomic mass is 35.5. The second-order valence-corrected chi connectivity index (χ2v) is 11.7. The molecule has 0 amide bonds. The molecule has 4 heterocycles. The molecule has 0 saturated carbocycles. The van der Waals surface area contributed by atoms with Crippen molar-refractivity contribution in [2.75, 3.05) is 6.61 Å². The van der Waals surface area contributed by atoms with E-state index in [-0.39, 0.29) is 18.1 Å². The van der Waals surface area contributed by atoms with Gasteiger partial charge >= 0.3 is 5.97 Å². The van der Waals surface area contributed by atoms with Gasteiger partial charge in [-0.1, -0.05) is 60.5 Å². The van der Waals surface area contributed by atoms with Crippen LogP contribution in [0.4, 0.5) is 0 Å². The first-order valence-corrected chi connectivity index (χ1v) is 14.0. The lowest BCUT2D eigenvalue weighted by molar-refractivity contribution is -0.140. The van der Waals surface area contributed by atoms with Crippen molar-refractivity contribution in [3.8, 4) is 11.3 Å². The lowest BCUT2D eigenvalue weighted by Gasteiger charge is -2.23. The number of fused-ring (bicyclic) bond motifs is 1. The van der Waals surface area contributed by atoms with Gasteiger partial charge in [-0.3, -0.25) is 9.36 Å². The number of esters is 1. The van der Waals surface area contributed by atoms with Gasteiger partial charge in [0.1, 0.15) is 17.6 Å².